The molecule has 2 rings (SSSR count). The van der Waals surface area contributed by atoms with E-state index in [1.165, 1.54) is 5.39 Å². The maximum Gasteiger partial charge on any atom is 0.123 e. The van der Waals surface area contributed by atoms with Crippen LogP contribution in [0.15, 0.2) is 36.5 Å². The minimum atomic E-state index is 0.475. The first kappa shape index (κ1) is 8.75. The quantitative estimate of drug-likeness (QED) is 0.733. The summed E-state index contributed by atoms with van der Waals surface area (Å²) in [7, 11) is 0. The van der Waals surface area contributed by atoms with Crippen LogP contribution in [0.2, 0.25) is 0 Å². The molecule has 0 fully saturated rings. The molecule has 2 nitrogen and oxygen atoms in total. The molecule has 0 radical (unpaired) electrons. The van der Waals surface area contributed by atoms with Crippen LogP contribution in [0.3, 0.4) is 0 Å². The predicted octanol–water partition coefficient (Wildman–Crippen LogP) is 2.77. The molecule has 0 aliphatic carbocycles. The van der Waals surface area contributed by atoms with Crippen molar-refractivity contribution in [3.63, 3.8) is 0 Å². The number of aromatic amines is 1. The van der Waals surface area contributed by atoms with E-state index in [9.17, 15) is 4.79 Å². The van der Waals surface area contributed by atoms with Gasteiger partial charge in [-0.3, -0.25) is 0 Å². The van der Waals surface area contributed by atoms with Crippen LogP contribution in [0.5, 0.6) is 0 Å². The van der Waals surface area contributed by atoms with Crippen molar-refractivity contribution in [1.82, 2.24) is 4.98 Å². The van der Waals surface area contributed by atoms with Crippen molar-refractivity contribution < 1.29 is 4.79 Å². The van der Waals surface area contributed by atoms with Crippen molar-refractivity contribution in [1.29, 1.82) is 0 Å². The van der Waals surface area contributed by atoms with Gasteiger partial charge in [-0.1, -0.05) is 24.3 Å². The first-order chi connectivity index (χ1) is 6.90. The monoisotopic (exact) mass is 185 g/mol. The molecule has 2 aromatic rings. The highest BCUT2D eigenvalue weighted by atomic mass is 16.1. The first-order valence-electron chi connectivity index (χ1n) is 4.57. The molecule has 0 aliphatic heterocycles. The Bertz CT molecular complexity index is 468. The average Bonchev–Trinajstić information content (AvgIpc) is 2.65. The highest BCUT2D eigenvalue weighted by molar-refractivity contribution is 5.81. The first-order valence-corrected chi connectivity index (χ1v) is 4.57. The Morgan fingerprint density at radius 2 is 2.21 bits per heavy atom. The maximum absolute atomic E-state index is 10.1. The van der Waals surface area contributed by atoms with Crippen LogP contribution in [0, 0.1) is 0 Å². The minimum absolute atomic E-state index is 0.475. The van der Waals surface area contributed by atoms with Gasteiger partial charge in [0, 0.05) is 18.1 Å². The van der Waals surface area contributed by atoms with E-state index in [0.717, 1.165) is 17.4 Å². The number of hydrogen-bond donors (Lipinski definition) is 1. The zero-order chi connectivity index (χ0) is 9.80. The number of hydrogen-bond acceptors (Lipinski definition) is 1. The van der Waals surface area contributed by atoms with E-state index in [2.05, 4.69) is 17.1 Å². The van der Waals surface area contributed by atoms with E-state index in [-0.39, 0.29) is 0 Å². The van der Waals surface area contributed by atoms with Gasteiger partial charge in [-0.2, -0.15) is 0 Å². The Balaban J connectivity index is 2.29. The van der Waals surface area contributed by atoms with Crippen molar-refractivity contribution >= 4 is 23.3 Å². The zero-order valence-corrected chi connectivity index (χ0v) is 7.73. The number of benzene rings is 1. The van der Waals surface area contributed by atoms with E-state index in [4.69, 9.17) is 0 Å². The Labute approximate surface area is 82.3 Å². The Kier molecular flexibility index (Phi) is 2.45. The van der Waals surface area contributed by atoms with Crippen LogP contribution in [-0.2, 0) is 4.79 Å². The fraction of sp³-hybridized carbons (Fsp3) is 0.0833. The van der Waals surface area contributed by atoms with Crippen LogP contribution < -0.4 is 0 Å². The number of aromatic nitrogens is 1. The van der Waals surface area contributed by atoms with Gasteiger partial charge in [-0.05, 0) is 23.1 Å². The smallest absolute Gasteiger partial charge is 0.123 e. The van der Waals surface area contributed by atoms with Gasteiger partial charge in [0.1, 0.15) is 6.29 Å². The van der Waals surface area contributed by atoms with Gasteiger partial charge < -0.3 is 9.78 Å². The molecule has 0 amide bonds. The molecule has 2 heteroatoms. The molecular weight excluding hydrogens is 174 g/mol. The molecule has 0 atom stereocenters. The Morgan fingerprint density at radius 1 is 1.29 bits per heavy atom. The topological polar surface area (TPSA) is 32.9 Å². The van der Waals surface area contributed by atoms with E-state index >= 15 is 0 Å². The van der Waals surface area contributed by atoms with Gasteiger partial charge in [0.25, 0.3) is 0 Å². The normalized spacial score (nSPS) is 11.1. The second-order valence-electron chi connectivity index (χ2n) is 3.13. The van der Waals surface area contributed by atoms with E-state index in [0.29, 0.717) is 6.42 Å². The van der Waals surface area contributed by atoms with E-state index < -0.39 is 0 Å². The molecule has 0 saturated heterocycles. The molecule has 14 heavy (non-hydrogen) atoms. The third-order valence-corrected chi connectivity index (χ3v) is 2.12. The lowest BCUT2D eigenvalue weighted by molar-refractivity contribution is -0.107. The lowest BCUT2D eigenvalue weighted by Gasteiger charge is -1.93. The largest absolute Gasteiger partial charge is 0.361 e. The number of rotatable bonds is 3. The van der Waals surface area contributed by atoms with E-state index in [1.807, 2.05) is 30.5 Å². The van der Waals surface area contributed by atoms with Crippen molar-refractivity contribution in [2.75, 3.05) is 0 Å². The summed E-state index contributed by atoms with van der Waals surface area (Å²) in [6.45, 7) is 0. The molecule has 0 spiro atoms. The second kappa shape index (κ2) is 3.92. The summed E-state index contributed by atoms with van der Waals surface area (Å²) in [4.78, 5) is 13.3. The third kappa shape index (κ3) is 1.74. The summed E-state index contributed by atoms with van der Waals surface area (Å²) in [6.07, 6.45) is 7.10. The number of carbonyl (C=O) groups excluding carboxylic acids is 1. The summed E-state index contributed by atoms with van der Waals surface area (Å²) in [5.74, 6) is 0. The number of fused-ring (bicyclic) bond motifs is 1. The van der Waals surface area contributed by atoms with Crippen molar-refractivity contribution in [3.8, 4) is 0 Å². The second-order valence-corrected chi connectivity index (χ2v) is 3.13. The summed E-state index contributed by atoms with van der Waals surface area (Å²) in [5, 5.41) is 1.21. The highest BCUT2D eigenvalue weighted by Crippen LogP contribution is 2.14. The van der Waals surface area contributed by atoms with Crippen LogP contribution in [0.25, 0.3) is 17.0 Å². The lowest BCUT2D eigenvalue weighted by atomic mass is 10.1. The molecule has 0 aliphatic rings. The fourth-order valence-electron chi connectivity index (χ4n) is 1.43. The summed E-state index contributed by atoms with van der Waals surface area (Å²) in [6, 6.07) is 8.20. The zero-order valence-electron chi connectivity index (χ0n) is 7.73. The molecule has 1 heterocycles. The van der Waals surface area contributed by atoms with Gasteiger partial charge in [0.05, 0.1) is 0 Å². The number of aldehydes is 1. The summed E-state index contributed by atoms with van der Waals surface area (Å²) >= 11 is 0. The van der Waals surface area contributed by atoms with Gasteiger partial charge in [0.15, 0.2) is 0 Å². The van der Waals surface area contributed by atoms with Crippen molar-refractivity contribution in [2.45, 2.75) is 6.42 Å². The average molecular weight is 185 g/mol. The van der Waals surface area contributed by atoms with Crippen LogP contribution in [-0.4, -0.2) is 11.3 Å². The fourth-order valence-corrected chi connectivity index (χ4v) is 1.43. The number of H-pyrrole nitrogens is 1. The molecule has 0 bridgehead atoms. The molecular formula is C12H11NO. The standard InChI is InChI=1S/C12H11NO/c14-8-2-1-3-10-4-5-11-6-7-13-12(11)9-10/h1,3-9,13H,2H2. The third-order valence-electron chi connectivity index (χ3n) is 2.12. The molecule has 1 aromatic heterocycles. The maximum atomic E-state index is 10.1. The predicted molar refractivity (Wildman–Crippen MR) is 58.0 cm³/mol. The van der Waals surface area contributed by atoms with Gasteiger partial charge in [-0.25, -0.2) is 0 Å². The number of allylic oxidation sites excluding steroid dienone is 1. The van der Waals surface area contributed by atoms with Gasteiger partial charge >= 0.3 is 0 Å². The molecule has 1 aromatic carbocycles. The Hall–Kier alpha value is -1.83. The van der Waals surface area contributed by atoms with Crippen LogP contribution in [0.1, 0.15) is 12.0 Å². The molecule has 0 saturated carbocycles. The van der Waals surface area contributed by atoms with Gasteiger partial charge in [-0.15, -0.1) is 0 Å². The molecule has 0 unspecified atom stereocenters. The van der Waals surface area contributed by atoms with Gasteiger partial charge in [0.2, 0.25) is 0 Å². The Morgan fingerprint density at radius 3 is 3.07 bits per heavy atom. The summed E-state index contributed by atoms with van der Waals surface area (Å²) in [5.41, 5.74) is 2.24. The molecule has 70 valence electrons. The molecule has 1 N–H and O–H groups in total. The SMILES string of the molecule is O=CCC=Cc1ccc2cc[nH]c2c1. The number of nitrogens with one attached hydrogen (secondary N) is 1. The minimum Gasteiger partial charge on any atom is -0.361 e. The lowest BCUT2D eigenvalue weighted by Crippen LogP contribution is -1.73. The van der Waals surface area contributed by atoms with Crippen LogP contribution >= 0.6 is 0 Å². The van der Waals surface area contributed by atoms with Crippen molar-refractivity contribution in [2.24, 2.45) is 0 Å². The summed E-state index contributed by atoms with van der Waals surface area (Å²) < 4.78 is 0. The van der Waals surface area contributed by atoms with E-state index in [1.54, 1.807) is 0 Å². The van der Waals surface area contributed by atoms with Crippen molar-refractivity contribution in [3.05, 3.63) is 42.1 Å². The highest BCUT2D eigenvalue weighted by Gasteiger charge is 1.93. The number of carbonyl (C=O) groups is 1. The van der Waals surface area contributed by atoms with Crippen LogP contribution in [0.4, 0.5) is 0 Å².